The molecular weight excluding hydrogens is 775 g/mol. The highest BCUT2D eigenvalue weighted by Gasteiger charge is 2.20. The molecule has 4 aromatic carbocycles. The number of tetrazole rings is 2. The summed E-state index contributed by atoms with van der Waals surface area (Å²) >= 11 is 12.0. The third-order valence-corrected chi connectivity index (χ3v) is 7.36. The second-order valence-electron chi connectivity index (χ2n) is 10.3. The van der Waals surface area contributed by atoms with Crippen LogP contribution in [0.1, 0.15) is 28.1 Å². The van der Waals surface area contributed by atoms with E-state index in [0.29, 0.717) is 27.9 Å². The lowest BCUT2D eigenvalue weighted by atomic mass is 10.2. The van der Waals surface area contributed by atoms with E-state index in [0.717, 1.165) is 48.0 Å². The first-order valence-corrected chi connectivity index (χ1v) is 15.4. The molecule has 6 rings (SSSR count). The fourth-order valence-corrected chi connectivity index (χ4v) is 4.61. The van der Waals surface area contributed by atoms with Gasteiger partial charge in [-0.1, -0.05) is 42.8 Å². The number of nitrogens with zero attached hydrogens (tertiary/aromatic N) is 9. The molecule has 0 atom stereocenters. The van der Waals surface area contributed by atoms with Crippen molar-refractivity contribution in [1.82, 2.24) is 45.7 Å². The number of anilines is 2. The van der Waals surface area contributed by atoms with Gasteiger partial charge >= 0.3 is 6.03 Å². The third kappa shape index (κ3) is 10.8. The number of rotatable bonds is 5. The van der Waals surface area contributed by atoms with Crippen LogP contribution in [0.2, 0.25) is 10.0 Å². The second-order valence-corrected chi connectivity index (χ2v) is 11.1. The Hall–Kier alpha value is -6.89. The maximum absolute atomic E-state index is 13.6. The van der Waals surface area contributed by atoms with Crippen LogP contribution < -0.4 is 16.4 Å². The summed E-state index contributed by atoms with van der Waals surface area (Å²) in [5.41, 5.74) is 6.06. The standard InChI is InChI=1S/C16H11ClF2N6O2.C8H8ClN5.C8H3F2NO2.CH4/c1-25-14(22-23-24-25)8-5-6-12(9(17)7-8)20-16(27)21-15(26)13-10(18)3-2-4-11(13)19;1-14-8(11-12-13-14)5-2-3-7(10)6(9)4-5;9-5-2-1-3-6(10)7(5)8(13)11-4-12;/h2-7H,1H3,(H2,20,21,26,27);2-4H,10H2,1H3;1-3H;1H4. The van der Waals surface area contributed by atoms with E-state index in [1.807, 2.05) is 11.4 Å². The molecule has 16 nitrogen and oxygen atoms in total. The third-order valence-electron chi connectivity index (χ3n) is 6.72. The summed E-state index contributed by atoms with van der Waals surface area (Å²) in [4.78, 5) is 46.9. The van der Waals surface area contributed by atoms with Crippen molar-refractivity contribution >= 4 is 58.5 Å². The Morgan fingerprint density at radius 3 is 1.65 bits per heavy atom. The number of nitrogen functional groups attached to an aromatic ring is 1. The zero-order valence-electron chi connectivity index (χ0n) is 27.4. The molecule has 22 heteroatoms. The van der Waals surface area contributed by atoms with Crippen LogP contribution in [0.5, 0.6) is 0 Å². The van der Waals surface area contributed by atoms with Crippen molar-refractivity contribution in [2.45, 2.75) is 7.43 Å². The van der Waals surface area contributed by atoms with E-state index in [4.69, 9.17) is 28.9 Å². The fraction of sp³-hybridized carbons (Fsp3) is 0.0909. The van der Waals surface area contributed by atoms with Crippen molar-refractivity contribution < 1.29 is 36.7 Å². The monoisotopic (exact) mass is 800 g/mol. The van der Waals surface area contributed by atoms with Crippen molar-refractivity contribution in [2.75, 3.05) is 11.1 Å². The lowest BCUT2D eigenvalue weighted by Gasteiger charge is -2.10. The first-order chi connectivity index (χ1) is 25.7. The Labute approximate surface area is 318 Å². The molecule has 0 aliphatic heterocycles. The average molecular weight is 802 g/mol. The molecule has 55 heavy (non-hydrogen) atoms. The van der Waals surface area contributed by atoms with E-state index < -0.39 is 52.2 Å². The summed E-state index contributed by atoms with van der Waals surface area (Å²) in [6.07, 6.45) is 0.913. The molecular formula is C33H26Cl2F4N12O4. The van der Waals surface area contributed by atoms with E-state index in [2.05, 4.69) is 41.4 Å². The Kier molecular flexibility index (Phi) is 14.9. The minimum atomic E-state index is -1.27. The first-order valence-electron chi connectivity index (χ1n) is 14.6. The van der Waals surface area contributed by atoms with Crippen LogP contribution in [-0.2, 0) is 18.9 Å². The van der Waals surface area contributed by atoms with E-state index in [1.165, 1.54) is 16.8 Å². The number of halogens is 6. The van der Waals surface area contributed by atoms with Gasteiger partial charge < -0.3 is 11.1 Å². The fourth-order valence-electron chi connectivity index (χ4n) is 4.20. The summed E-state index contributed by atoms with van der Waals surface area (Å²) in [5, 5.41) is 27.0. The number of isocyanates is 1. The van der Waals surface area contributed by atoms with Crippen molar-refractivity contribution in [2.24, 2.45) is 19.1 Å². The number of hydrogen-bond donors (Lipinski definition) is 3. The molecule has 0 aliphatic carbocycles. The lowest BCUT2D eigenvalue weighted by molar-refractivity contribution is 0.0956. The van der Waals surface area contributed by atoms with Gasteiger partial charge in [0.25, 0.3) is 11.8 Å². The second kappa shape index (κ2) is 19.3. The van der Waals surface area contributed by atoms with Gasteiger partial charge in [0.1, 0.15) is 34.4 Å². The number of aryl methyl sites for hydroxylation is 2. The maximum Gasteiger partial charge on any atom is 0.326 e. The van der Waals surface area contributed by atoms with Gasteiger partial charge in [-0.25, -0.2) is 36.5 Å². The molecule has 0 unspecified atom stereocenters. The van der Waals surface area contributed by atoms with Gasteiger partial charge in [-0.05, 0) is 81.5 Å². The van der Waals surface area contributed by atoms with E-state index in [9.17, 15) is 36.7 Å². The first kappa shape index (κ1) is 42.5. The van der Waals surface area contributed by atoms with E-state index in [1.54, 1.807) is 37.0 Å². The summed E-state index contributed by atoms with van der Waals surface area (Å²) in [5.74, 6) is -5.65. The van der Waals surface area contributed by atoms with Gasteiger partial charge in [-0.3, -0.25) is 14.9 Å². The van der Waals surface area contributed by atoms with Gasteiger partial charge in [-0.15, -0.1) is 15.2 Å². The van der Waals surface area contributed by atoms with Crippen LogP contribution in [0.15, 0.2) is 77.8 Å². The van der Waals surface area contributed by atoms with Gasteiger partial charge in [0.2, 0.25) is 6.08 Å². The number of aliphatic imine (C=N–C) groups is 1. The molecule has 2 aromatic heterocycles. The quantitative estimate of drug-likeness (QED) is 0.0800. The predicted molar refractivity (Wildman–Crippen MR) is 191 cm³/mol. The van der Waals surface area contributed by atoms with E-state index >= 15 is 0 Å². The SMILES string of the molecule is C.Cn1nnnc1-c1ccc(N)c(Cl)c1.Cn1nnnc1-c1ccc(NC(=O)NC(=O)c2c(F)cccc2F)c(Cl)c1.O=C=NC(=O)c1c(F)cccc1F. The lowest BCUT2D eigenvalue weighted by Crippen LogP contribution is -2.35. The van der Waals surface area contributed by atoms with Gasteiger partial charge in [0.15, 0.2) is 11.6 Å². The molecule has 0 spiro atoms. The maximum atomic E-state index is 13.6. The summed E-state index contributed by atoms with van der Waals surface area (Å²) < 4.78 is 55.7. The van der Waals surface area contributed by atoms with Crippen LogP contribution in [0.25, 0.3) is 22.8 Å². The normalized spacial score (nSPS) is 9.96. The Morgan fingerprint density at radius 2 is 1.22 bits per heavy atom. The average Bonchev–Trinajstić information content (AvgIpc) is 3.75. The number of urea groups is 1. The predicted octanol–water partition coefficient (Wildman–Crippen LogP) is 5.96. The minimum Gasteiger partial charge on any atom is -0.398 e. The Balaban J connectivity index is 0.000000244. The summed E-state index contributed by atoms with van der Waals surface area (Å²) in [6, 6.07) is 14.7. The number of carbonyl (C=O) groups is 3. The number of amides is 4. The number of carbonyl (C=O) groups excluding carboxylic acids is 4. The zero-order chi connectivity index (χ0) is 39.5. The van der Waals surface area contributed by atoms with Crippen molar-refractivity contribution in [3.05, 3.63) is 117 Å². The molecule has 6 aromatic rings. The largest absolute Gasteiger partial charge is 0.398 e. The molecule has 0 saturated heterocycles. The number of nitrogens with two attached hydrogens (primary N) is 1. The van der Waals surface area contributed by atoms with Gasteiger partial charge in [0, 0.05) is 25.2 Å². The highest BCUT2D eigenvalue weighted by molar-refractivity contribution is 6.34. The number of nitrogens with one attached hydrogen (secondary N) is 2. The number of aromatic nitrogens is 8. The van der Waals surface area contributed by atoms with Gasteiger partial charge in [0.05, 0.1) is 21.4 Å². The van der Waals surface area contributed by atoms with Crippen LogP contribution in [0, 0.1) is 23.3 Å². The van der Waals surface area contributed by atoms with Crippen molar-refractivity contribution in [1.29, 1.82) is 0 Å². The van der Waals surface area contributed by atoms with Gasteiger partial charge in [-0.2, -0.15) is 0 Å². The number of imide groups is 1. The highest BCUT2D eigenvalue weighted by Crippen LogP contribution is 2.28. The molecule has 0 bridgehead atoms. The Bertz CT molecular complexity index is 2360. The van der Waals surface area contributed by atoms with Crippen LogP contribution in [-0.4, -0.2) is 64.3 Å². The number of hydrogen-bond acceptors (Lipinski definition) is 11. The molecule has 0 fully saturated rings. The van der Waals surface area contributed by atoms with Crippen LogP contribution in [0.3, 0.4) is 0 Å². The highest BCUT2D eigenvalue weighted by atomic mass is 35.5. The van der Waals surface area contributed by atoms with Crippen LogP contribution >= 0.6 is 23.2 Å². The molecule has 2 heterocycles. The van der Waals surface area contributed by atoms with Crippen LogP contribution in [0.4, 0.5) is 33.7 Å². The molecule has 0 aliphatic rings. The smallest absolute Gasteiger partial charge is 0.326 e. The summed E-state index contributed by atoms with van der Waals surface area (Å²) in [7, 11) is 3.41. The zero-order valence-corrected chi connectivity index (χ0v) is 28.9. The van der Waals surface area contributed by atoms with E-state index in [-0.39, 0.29) is 18.1 Å². The molecule has 0 saturated carbocycles. The molecule has 284 valence electrons. The number of benzene rings is 4. The molecule has 0 radical (unpaired) electrons. The Morgan fingerprint density at radius 1 is 0.745 bits per heavy atom. The molecule has 4 amide bonds. The summed E-state index contributed by atoms with van der Waals surface area (Å²) in [6.45, 7) is 0. The molecule has 4 N–H and O–H groups in total. The minimum absolute atomic E-state index is 0. The topological polar surface area (TPSA) is 218 Å². The van der Waals surface area contributed by atoms with Crippen molar-refractivity contribution in [3.63, 3.8) is 0 Å². The van der Waals surface area contributed by atoms with Crippen molar-refractivity contribution in [3.8, 4) is 22.8 Å².